The van der Waals surface area contributed by atoms with Crippen molar-refractivity contribution in [2.24, 2.45) is 5.10 Å². The van der Waals surface area contributed by atoms with Crippen molar-refractivity contribution >= 4 is 11.7 Å². The monoisotopic (exact) mass is 277 g/mol. The van der Waals surface area contributed by atoms with Crippen LogP contribution in [0.1, 0.15) is 18.2 Å². The largest absolute Gasteiger partial charge is 0.507 e. The predicted molar refractivity (Wildman–Crippen MR) is 71.3 cm³/mol. The highest BCUT2D eigenvalue weighted by atomic mass is 19.1. The number of anilines is 1. The number of aromatic amines is 1. The van der Waals surface area contributed by atoms with Gasteiger partial charge in [0.2, 0.25) is 5.95 Å². The van der Waals surface area contributed by atoms with Crippen LogP contribution in [-0.4, -0.2) is 26.0 Å². The third-order valence-electron chi connectivity index (χ3n) is 2.54. The Balaban J connectivity index is 2.24. The van der Waals surface area contributed by atoms with Crippen LogP contribution in [-0.2, 0) is 0 Å². The molecule has 2 aromatic rings. The van der Waals surface area contributed by atoms with Crippen LogP contribution in [0.5, 0.6) is 5.75 Å². The molecule has 0 bridgehead atoms. The number of phenolic OH excluding ortho intramolecular Hbond substituents is 1. The predicted octanol–water partition coefficient (Wildman–Crippen LogP) is 1.15. The van der Waals surface area contributed by atoms with Gasteiger partial charge < -0.3 is 5.11 Å². The van der Waals surface area contributed by atoms with Gasteiger partial charge >= 0.3 is 0 Å². The molecular formula is C12H12FN5O2. The zero-order valence-electron chi connectivity index (χ0n) is 10.8. The van der Waals surface area contributed by atoms with Gasteiger partial charge in [-0.25, -0.2) is 9.82 Å². The normalized spacial score (nSPS) is 11.4. The molecule has 3 N–H and O–H groups in total. The number of aryl methyl sites for hydroxylation is 1. The second-order valence-corrected chi connectivity index (χ2v) is 4.06. The summed E-state index contributed by atoms with van der Waals surface area (Å²) in [6.07, 6.45) is 0. The van der Waals surface area contributed by atoms with E-state index in [9.17, 15) is 14.3 Å². The van der Waals surface area contributed by atoms with Gasteiger partial charge in [0.05, 0.1) is 5.71 Å². The van der Waals surface area contributed by atoms with E-state index < -0.39 is 5.82 Å². The van der Waals surface area contributed by atoms with Gasteiger partial charge in [0.25, 0.3) is 5.56 Å². The van der Waals surface area contributed by atoms with Gasteiger partial charge in [-0.1, -0.05) is 0 Å². The van der Waals surface area contributed by atoms with Crippen LogP contribution in [0.15, 0.2) is 28.1 Å². The summed E-state index contributed by atoms with van der Waals surface area (Å²) in [5.74, 6) is -0.537. The highest BCUT2D eigenvalue weighted by molar-refractivity contribution is 6.01. The number of halogens is 1. The molecule has 0 saturated heterocycles. The molecule has 7 nitrogen and oxygen atoms in total. The van der Waals surface area contributed by atoms with Gasteiger partial charge in [0.1, 0.15) is 17.3 Å². The molecule has 0 spiro atoms. The van der Waals surface area contributed by atoms with E-state index in [0.29, 0.717) is 5.71 Å². The van der Waals surface area contributed by atoms with E-state index in [0.717, 1.165) is 12.1 Å². The Hall–Kier alpha value is -2.77. The lowest BCUT2D eigenvalue weighted by Crippen LogP contribution is -2.16. The Labute approximate surface area is 113 Å². The summed E-state index contributed by atoms with van der Waals surface area (Å²) < 4.78 is 13.1. The van der Waals surface area contributed by atoms with Crippen LogP contribution in [0.2, 0.25) is 0 Å². The Morgan fingerprint density at radius 1 is 1.45 bits per heavy atom. The van der Waals surface area contributed by atoms with Gasteiger partial charge in [-0.05, 0) is 32.0 Å². The van der Waals surface area contributed by atoms with Gasteiger partial charge in [0.15, 0.2) is 0 Å². The zero-order valence-corrected chi connectivity index (χ0v) is 10.8. The van der Waals surface area contributed by atoms with E-state index in [1.807, 2.05) is 0 Å². The number of H-pyrrole nitrogens is 1. The molecule has 0 aliphatic rings. The fourth-order valence-corrected chi connectivity index (χ4v) is 1.44. The molecule has 0 unspecified atom stereocenters. The molecule has 0 saturated carbocycles. The van der Waals surface area contributed by atoms with Gasteiger partial charge in [0, 0.05) is 5.56 Å². The SMILES string of the molecule is C/C(=N\Nc1nnc(C)c(=O)[nH]1)c1cc(F)ccc1O. The number of hydrogen-bond donors (Lipinski definition) is 3. The van der Waals surface area contributed by atoms with Crippen molar-refractivity contribution < 1.29 is 9.50 Å². The fourth-order valence-electron chi connectivity index (χ4n) is 1.44. The maximum Gasteiger partial charge on any atom is 0.274 e. The average molecular weight is 277 g/mol. The van der Waals surface area contributed by atoms with Gasteiger partial charge in [-0.15, -0.1) is 10.2 Å². The first-order valence-corrected chi connectivity index (χ1v) is 5.70. The molecule has 0 amide bonds. The Morgan fingerprint density at radius 2 is 2.20 bits per heavy atom. The van der Waals surface area contributed by atoms with Crippen molar-refractivity contribution in [2.45, 2.75) is 13.8 Å². The fraction of sp³-hybridized carbons (Fsp3) is 0.167. The van der Waals surface area contributed by atoms with Crippen molar-refractivity contribution in [3.63, 3.8) is 0 Å². The van der Waals surface area contributed by atoms with E-state index in [1.54, 1.807) is 6.92 Å². The number of aromatic hydroxyl groups is 1. The molecule has 0 atom stereocenters. The number of benzene rings is 1. The van der Waals surface area contributed by atoms with E-state index in [4.69, 9.17) is 0 Å². The summed E-state index contributed by atoms with van der Waals surface area (Å²) in [7, 11) is 0. The third-order valence-corrected chi connectivity index (χ3v) is 2.54. The van der Waals surface area contributed by atoms with Crippen molar-refractivity contribution in [3.05, 3.63) is 45.6 Å². The highest BCUT2D eigenvalue weighted by Crippen LogP contribution is 2.18. The Kier molecular flexibility index (Phi) is 3.74. The number of aromatic nitrogens is 3. The lowest BCUT2D eigenvalue weighted by Gasteiger charge is -2.05. The van der Waals surface area contributed by atoms with E-state index >= 15 is 0 Å². The molecule has 1 aromatic heterocycles. The summed E-state index contributed by atoms with van der Waals surface area (Å²) in [6.45, 7) is 3.09. The number of nitrogens with one attached hydrogen (secondary N) is 2. The minimum Gasteiger partial charge on any atom is -0.507 e. The van der Waals surface area contributed by atoms with Crippen molar-refractivity contribution in [2.75, 3.05) is 5.43 Å². The van der Waals surface area contributed by atoms with Gasteiger partial charge in [-0.2, -0.15) is 5.10 Å². The Morgan fingerprint density at radius 3 is 2.90 bits per heavy atom. The second kappa shape index (κ2) is 5.47. The topological polar surface area (TPSA) is 103 Å². The Bertz CT molecular complexity index is 726. The summed E-state index contributed by atoms with van der Waals surface area (Å²) in [5.41, 5.74) is 2.89. The number of phenols is 1. The maximum absolute atomic E-state index is 13.1. The van der Waals surface area contributed by atoms with Crippen molar-refractivity contribution in [1.29, 1.82) is 0 Å². The maximum atomic E-state index is 13.1. The van der Waals surface area contributed by atoms with Crippen LogP contribution in [0.4, 0.5) is 10.3 Å². The molecule has 0 aliphatic heterocycles. The van der Waals surface area contributed by atoms with Crippen molar-refractivity contribution in [3.8, 4) is 5.75 Å². The highest BCUT2D eigenvalue weighted by Gasteiger charge is 2.06. The second-order valence-electron chi connectivity index (χ2n) is 4.06. The molecule has 2 rings (SSSR count). The zero-order chi connectivity index (χ0) is 14.7. The summed E-state index contributed by atoms with van der Waals surface area (Å²) in [4.78, 5) is 13.7. The third kappa shape index (κ3) is 2.97. The first kappa shape index (κ1) is 13.7. The lowest BCUT2D eigenvalue weighted by atomic mass is 10.1. The van der Waals surface area contributed by atoms with Crippen LogP contribution < -0.4 is 11.0 Å². The van der Waals surface area contributed by atoms with Gasteiger partial charge in [-0.3, -0.25) is 9.78 Å². The molecule has 8 heteroatoms. The summed E-state index contributed by atoms with van der Waals surface area (Å²) >= 11 is 0. The number of hydrogen-bond acceptors (Lipinski definition) is 6. The number of hydrazone groups is 1. The molecule has 20 heavy (non-hydrogen) atoms. The molecule has 104 valence electrons. The molecule has 1 heterocycles. The molecule has 0 fully saturated rings. The molecule has 1 aromatic carbocycles. The summed E-state index contributed by atoms with van der Waals surface area (Å²) in [5, 5.41) is 20.8. The molecule has 0 radical (unpaired) electrons. The van der Waals surface area contributed by atoms with Crippen LogP contribution in [0, 0.1) is 12.7 Å². The number of rotatable bonds is 3. The van der Waals surface area contributed by atoms with Crippen LogP contribution in [0.3, 0.4) is 0 Å². The van der Waals surface area contributed by atoms with E-state index in [1.165, 1.54) is 13.0 Å². The number of nitrogens with zero attached hydrogens (tertiary/aromatic N) is 3. The molecular weight excluding hydrogens is 265 g/mol. The average Bonchev–Trinajstić information content (AvgIpc) is 2.42. The lowest BCUT2D eigenvalue weighted by molar-refractivity contribution is 0.472. The van der Waals surface area contributed by atoms with Crippen LogP contribution >= 0.6 is 0 Å². The smallest absolute Gasteiger partial charge is 0.274 e. The first-order valence-electron chi connectivity index (χ1n) is 5.70. The minimum atomic E-state index is -0.490. The quantitative estimate of drug-likeness (QED) is 0.577. The summed E-state index contributed by atoms with van der Waals surface area (Å²) in [6, 6.07) is 3.53. The standard InChI is InChI=1S/C12H12FN5O2/c1-6(9-5-8(13)3-4-10(9)19)15-17-12-14-11(20)7(2)16-18-12/h3-5,19H,1-2H3,(H2,14,17,18,20)/b15-6+. The first-order chi connectivity index (χ1) is 9.47. The minimum absolute atomic E-state index is 0.0517. The van der Waals surface area contributed by atoms with Crippen molar-refractivity contribution in [1.82, 2.24) is 15.2 Å². The van der Waals surface area contributed by atoms with Crippen LogP contribution in [0.25, 0.3) is 0 Å². The van der Waals surface area contributed by atoms with E-state index in [-0.39, 0.29) is 28.5 Å². The molecule has 0 aliphatic carbocycles. The van der Waals surface area contributed by atoms with E-state index in [2.05, 4.69) is 25.7 Å².